The smallest absolute Gasteiger partial charge is 0.204 e. The third-order valence-electron chi connectivity index (χ3n) is 3.21. The molecule has 0 saturated heterocycles. The fourth-order valence-corrected chi connectivity index (χ4v) is 2.90. The Morgan fingerprint density at radius 2 is 2.21 bits per heavy atom. The minimum absolute atomic E-state index is 0.534. The lowest BCUT2D eigenvalue weighted by Gasteiger charge is -2.08. The van der Waals surface area contributed by atoms with Gasteiger partial charge >= 0.3 is 0 Å². The van der Waals surface area contributed by atoms with Crippen LogP contribution in [-0.2, 0) is 6.42 Å². The lowest BCUT2D eigenvalue weighted by Crippen LogP contribution is -2.36. The van der Waals surface area contributed by atoms with Gasteiger partial charge in [-0.15, -0.1) is 11.8 Å². The molecule has 0 bridgehead atoms. The minimum Gasteiger partial charge on any atom is -0.355 e. The number of aryl methyl sites for hydroxylation is 2. The molecule has 2 aromatic rings. The van der Waals surface area contributed by atoms with Crippen LogP contribution in [0.25, 0.3) is 0 Å². The molecule has 6 nitrogen and oxygen atoms in total. The topological polar surface area (TPSA) is 88.9 Å². The van der Waals surface area contributed by atoms with Crippen LogP contribution >= 0.6 is 11.8 Å². The molecule has 3 N–H and O–H groups in total. The van der Waals surface area contributed by atoms with Gasteiger partial charge in [-0.25, -0.2) is 4.98 Å². The van der Waals surface area contributed by atoms with Crippen molar-refractivity contribution in [1.29, 1.82) is 5.26 Å². The Labute approximate surface area is 146 Å². The molecule has 126 valence electrons. The van der Waals surface area contributed by atoms with Crippen LogP contribution < -0.4 is 10.6 Å². The first-order chi connectivity index (χ1) is 11.8. The highest BCUT2D eigenvalue weighted by Crippen LogP contribution is 2.15. The summed E-state index contributed by atoms with van der Waals surface area (Å²) in [6, 6.07) is 10.2. The van der Waals surface area contributed by atoms with Gasteiger partial charge in [0.05, 0.1) is 0 Å². The van der Waals surface area contributed by atoms with Crippen molar-refractivity contribution in [1.82, 2.24) is 20.6 Å². The van der Waals surface area contributed by atoms with Gasteiger partial charge in [0.15, 0.2) is 6.19 Å². The molecule has 1 aromatic heterocycles. The monoisotopic (exact) mass is 342 g/mol. The Bertz CT molecular complexity index is 674. The van der Waals surface area contributed by atoms with Gasteiger partial charge in [0, 0.05) is 35.6 Å². The van der Waals surface area contributed by atoms with Crippen LogP contribution in [0.1, 0.15) is 17.9 Å². The summed E-state index contributed by atoms with van der Waals surface area (Å²) >= 11 is 1.77. The number of aliphatic imine (C=N–C) groups is 1. The highest BCUT2D eigenvalue weighted by molar-refractivity contribution is 7.99. The van der Waals surface area contributed by atoms with Crippen molar-refractivity contribution in [3.05, 3.63) is 48.0 Å². The van der Waals surface area contributed by atoms with Gasteiger partial charge in [-0.1, -0.05) is 18.2 Å². The summed E-state index contributed by atoms with van der Waals surface area (Å²) in [5.74, 6) is 2.37. The number of nitrogens with zero attached hydrogens (tertiary/aromatic N) is 3. The zero-order valence-corrected chi connectivity index (χ0v) is 14.6. The maximum atomic E-state index is 8.81. The standard InChI is InChI=1S/C17H22N6S/c1-14-21-12-15(23-14)6-5-9-19-17(22-13-18)20-10-11-24-16-7-3-2-4-8-16/h2-4,7-8,12H,5-6,9-11H2,1H3,(H,21,23)(H2,19,20,22). The van der Waals surface area contributed by atoms with Crippen LogP contribution in [0.3, 0.4) is 0 Å². The molecule has 0 aliphatic carbocycles. The van der Waals surface area contributed by atoms with E-state index in [4.69, 9.17) is 5.26 Å². The van der Waals surface area contributed by atoms with E-state index in [1.54, 1.807) is 11.8 Å². The quantitative estimate of drug-likeness (QED) is 0.171. The van der Waals surface area contributed by atoms with Gasteiger partial charge in [-0.3, -0.25) is 10.3 Å². The molecular weight excluding hydrogens is 320 g/mol. The summed E-state index contributed by atoms with van der Waals surface area (Å²) in [5, 5.41) is 14.6. The number of aromatic amines is 1. The second-order valence-corrected chi connectivity index (χ2v) is 6.32. The molecule has 0 spiro atoms. The fraction of sp³-hybridized carbons (Fsp3) is 0.353. The minimum atomic E-state index is 0.534. The Morgan fingerprint density at radius 3 is 2.92 bits per heavy atom. The normalized spacial score (nSPS) is 11.1. The largest absolute Gasteiger partial charge is 0.355 e. The lowest BCUT2D eigenvalue weighted by atomic mass is 10.2. The molecule has 2 rings (SSSR count). The number of nitrogens with one attached hydrogen (secondary N) is 3. The van der Waals surface area contributed by atoms with E-state index in [1.165, 1.54) is 4.90 Å². The third-order valence-corrected chi connectivity index (χ3v) is 4.22. The van der Waals surface area contributed by atoms with Crippen molar-refractivity contribution in [3.63, 3.8) is 0 Å². The van der Waals surface area contributed by atoms with Crippen molar-refractivity contribution in [2.24, 2.45) is 4.99 Å². The lowest BCUT2D eigenvalue weighted by molar-refractivity contribution is 0.800. The Kier molecular flexibility index (Phi) is 7.71. The number of imidazole rings is 1. The van der Waals surface area contributed by atoms with Gasteiger partial charge < -0.3 is 10.3 Å². The van der Waals surface area contributed by atoms with E-state index in [0.717, 1.165) is 36.7 Å². The maximum Gasteiger partial charge on any atom is 0.204 e. The van der Waals surface area contributed by atoms with E-state index >= 15 is 0 Å². The zero-order valence-electron chi connectivity index (χ0n) is 13.7. The molecule has 1 aromatic carbocycles. The first-order valence-electron chi connectivity index (χ1n) is 7.89. The number of nitriles is 1. The van der Waals surface area contributed by atoms with Gasteiger partial charge in [-0.2, -0.15) is 5.26 Å². The molecule has 0 saturated carbocycles. The van der Waals surface area contributed by atoms with Gasteiger partial charge in [0.25, 0.3) is 0 Å². The van der Waals surface area contributed by atoms with Gasteiger partial charge in [-0.05, 0) is 31.9 Å². The van der Waals surface area contributed by atoms with Crippen LogP contribution in [0.5, 0.6) is 0 Å². The van der Waals surface area contributed by atoms with Crippen molar-refractivity contribution >= 4 is 17.7 Å². The average Bonchev–Trinajstić information content (AvgIpc) is 3.01. The van der Waals surface area contributed by atoms with E-state index in [0.29, 0.717) is 12.5 Å². The molecule has 1 heterocycles. The van der Waals surface area contributed by atoms with Crippen LogP contribution in [0.15, 0.2) is 46.4 Å². The number of benzene rings is 1. The summed E-state index contributed by atoms with van der Waals surface area (Å²) < 4.78 is 0. The molecule has 0 radical (unpaired) electrons. The summed E-state index contributed by atoms with van der Waals surface area (Å²) in [7, 11) is 0. The number of thioether (sulfide) groups is 1. The van der Waals surface area contributed by atoms with Crippen LogP contribution in [0.4, 0.5) is 0 Å². The van der Waals surface area contributed by atoms with Gasteiger partial charge in [0.1, 0.15) is 5.82 Å². The number of hydrogen-bond donors (Lipinski definition) is 3. The van der Waals surface area contributed by atoms with Gasteiger partial charge in [0.2, 0.25) is 5.96 Å². The summed E-state index contributed by atoms with van der Waals surface area (Å²) in [5.41, 5.74) is 1.12. The number of rotatable bonds is 8. The van der Waals surface area contributed by atoms with E-state index < -0.39 is 0 Å². The number of guanidine groups is 1. The highest BCUT2D eigenvalue weighted by atomic mass is 32.2. The first-order valence-corrected chi connectivity index (χ1v) is 8.88. The zero-order chi connectivity index (χ0) is 17.0. The van der Waals surface area contributed by atoms with E-state index in [9.17, 15) is 0 Å². The molecule has 0 unspecified atom stereocenters. The van der Waals surface area contributed by atoms with Crippen molar-refractivity contribution in [2.45, 2.75) is 24.7 Å². The summed E-state index contributed by atoms with van der Waals surface area (Å²) in [4.78, 5) is 13.0. The number of aromatic nitrogens is 2. The number of hydrogen-bond acceptors (Lipinski definition) is 4. The van der Waals surface area contributed by atoms with Crippen LogP contribution in [0.2, 0.25) is 0 Å². The Morgan fingerprint density at radius 1 is 1.38 bits per heavy atom. The van der Waals surface area contributed by atoms with E-state index in [1.807, 2.05) is 37.5 Å². The van der Waals surface area contributed by atoms with E-state index in [2.05, 4.69) is 37.7 Å². The van der Waals surface area contributed by atoms with Crippen LogP contribution in [-0.4, -0.2) is 34.8 Å². The molecule has 0 aliphatic heterocycles. The molecule has 24 heavy (non-hydrogen) atoms. The molecule has 0 aliphatic rings. The van der Waals surface area contributed by atoms with Crippen molar-refractivity contribution in [2.75, 3.05) is 18.8 Å². The molecule has 0 atom stereocenters. The molecule has 0 fully saturated rings. The summed E-state index contributed by atoms with van der Waals surface area (Å²) in [6.45, 7) is 3.34. The third kappa shape index (κ3) is 6.75. The van der Waals surface area contributed by atoms with E-state index in [-0.39, 0.29) is 0 Å². The molecule has 7 heteroatoms. The van der Waals surface area contributed by atoms with Crippen LogP contribution in [0, 0.1) is 18.4 Å². The molecule has 0 amide bonds. The predicted molar refractivity (Wildman–Crippen MR) is 97.9 cm³/mol. The Balaban J connectivity index is 1.67. The molecular formula is C17H22N6S. The first kappa shape index (κ1) is 17.9. The SMILES string of the molecule is Cc1ncc(CCCN=C(NC#N)NCCSc2ccccc2)[nH]1. The average molecular weight is 342 g/mol. The predicted octanol–water partition coefficient (Wildman–Crippen LogP) is 2.46. The van der Waals surface area contributed by atoms with Crippen molar-refractivity contribution in [3.8, 4) is 6.19 Å². The van der Waals surface area contributed by atoms with Crippen molar-refractivity contribution < 1.29 is 0 Å². The second-order valence-electron chi connectivity index (χ2n) is 5.15. The Hall–Kier alpha value is -2.46. The number of H-pyrrole nitrogens is 1. The highest BCUT2D eigenvalue weighted by Gasteiger charge is 1.99. The second kappa shape index (κ2) is 10.3. The fourth-order valence-electron chi connectivity index (χ4n) is 2.11. The summed E-state index contributed by atoms with van der Waals surface area (Å²) in [6.07, 6.45) is 5.57. The maximum absolute atomic E-state index is 8.81.